The molecule has 0 radical (unpaired) electrons. The highest BCUT2D eigenvalue weighted by molar-refractivity contribution is 9.10. The molecule has 0 saturated carbocycles. The van der Waals surface area contributed by atoms with Gasteiger partial charge in [-0.05, 0) is 6.92 Å². The minimum Gasteiger partial charge on any atom is -0.364 e. The molecule has 0 aromatic heterocycles. The zero-order valence-corrected chi connectivity index (χ0v) is 8.67. The average Bonchev–Trinajstić information content (AvgIpc) is 2.46. The molecule has 2 heterocycles. The van der Waals surface area contributed by atoms with E-state index in [0.717, 1.165) is 0 Å². The first-order chi connectivity index (χ1) is 5.53. The lowest BCUT2D eigenvalue weighted by Gasteiger charge is -2.36. The Kier molecular flexibility index (Phi) is 1.70. The smallest absolute Gasteiger partial charge is 0.157 e. The van der Waals surface area contributed by atoms with Crippen molar-refractivity contribution >= 4 is 21.7 Å². The van der Waals surface area contributed by atoms with Gasteiger partial charge in [-0.15, -0.1) is 0 Å². The summed E-state index contributed by atoms with van der Waals surface area (Å²) in [5, 5.41) is 0. The molecule has 0 aromatic carbocycles. The van der Waals surface area contributed by atoms with Crippen LogP contribution in [0, 0.1) is 5.92 Å². The molecule has 2 rings (SSSR count). The highest BCUT2D eigenvalue weighted by Gasteiger charge is 2.50. The first-order valence-corrected chi connectivity index (χ1v) is 4.90. The molecule has 0 spiro atoms. The van der Waals surface area contributed by atoms with Crippen LogP contribution in [0.15, 0.2) is 12.2 Å². The van der Waals surface area contributed by atoms with Gasteiger partial charge in [-0.2, -0.15) is 0 Å². The van der Waals surface area contributed by atoms with Crippen molar-refractivity contribution in [1.82, 2.24) is 0 Å². The van der Waals surface area contributed by atoms with Crippen LogP contribution in [0.2, 0.25) is 0 Å². The molecule has 2 bridgehead atoms. The molecule has 0 unspecified atom stereocenters. The maximum absolute atomic E-state index is 11.7. The number of halogens is 1. The second-order valence-electron chi connectivity index (χ2n) is 3.63. The van der Waals surface area contributed by atoms with Crippen LogP contribution in [-0.4, -0.2) is 22.3 Å². The minimum absolute atomic E-state index is 0.00752. The molecule has 0 aromatic rings. The summed E-state index contributed by atoms with van der Waals surface area (Å²) in [6.07, 6.45) is 3.89. The van der Waals surface area contributed by atoms with Crippen LogP contribution in [0.1, 0.15) is 13.8 Å². The normalized spacial score (nSPS) is 51.6. The standard InChI is InChI=1S/C9H11BrO2/c1-5-6-3-4-7(12-6)9(2,10)8(5)11/h3-7H,1-2H3/t5-,6+,7-,9-/m0/s1. The quantitative estimate of drug-likeness (QED) is 0.468. The number of hydrogen-bond donors (Lipinski definition) is 0. The first-order valence-electron chi connectivity index (χ1n) is 4.10. The molecule has 0 amide bonds. The number of hydrogen-bond acceptors (Lipinski definition) is 2. The van der Waals surface area contributed by atoms with Gasteiger partial charge in [0, 0.05) is 5.92 Å². The number of alkyl halides is 1. The summed E-state index contributed by atoms with van der Waals surface area (Å²) >= 11 is 3.43. The van der Waals surface area contributed by atoms with Crippen molar-refractivity contribution in [2.45, 2.75) is 30.4 Å². The largest absolute Gasteiger partial charge is 0.364 e. The Morgan fingerprint density at radius 1 is 1.58 bits per heavy atom. The number of Topliss-reactive ketones (excluding diaryl/α,β-unsaturated/α-hetero) is 1. The van der Waals surface area contributed by atoms with Gasteiger partial charge in [0.15, 0.2) is 5.78 Å². The lowest BCUT2D eigenvalue weighted by molar-refractivity contribution is -0.139. The van der Waals surface area contributed by atoms with Crippen molar-refractivity contribution in [3.05, 3.63) is 12.2 Å². The van der Waals surface area contributed by atoms with Crippen molar-refractivity contribution in [1.29, 1.82) is 0 Å². The molecule has 2 aliphatic heterocycles. The van der Waals surface area contributed by atoms with E-state index in [2.05, 4.69) is 15.9 Å². The molecule has 1 fully saturated rings. The van der Waals surface area contributed by atoms with E-state index in [4.69, 9.17) is 4.74 Å². The zero-order chi connectivity index (χ0) is 8.93. The molecule has 0 N–H and O–H groups in total. The molecule has 3 heteroatoms. The van der Waals surface area contributed by atoms with Gasteiger partial charge in [0.05, 0.1) is 12.2 Å². The molecule has 4 atom stereocenters. The van der Waals surface area contributed by atoms with Gasteiger partial charge in [0.25, 0.3) is 0 Å². The summed E-state index contributed by atoms with van der Waals surface area (Å²) in [6.45, 7) is 3.79. The summed E-state index contributed by atoms with van der Waals surface area (Å²) in [6, 6.07) is 0. The second-order valence-corrected chi connectivity index (χ2v) is 5.28. The molecular weight excluding hydrogens is 220 g/mol. The summed E-state index contributed by atoms with van der Waals surface area (Å²) in [5.74, 6) is 0.220. The highest BCUT2D eigenvalue weighted by Crippen LogP contribution is 2.40. The molecule has 1 saturated heterocycles. The van der Waals surface area contributed by atoms with E-state index < -0.39 is 4.32 Å². The van der Waals surface area contributed by atoms with Gasteiger partial charge in [-0.3, -0.25) is 4.79 Å². The predicted octanol–water partition coefficient (Wildman–Crippen LogP) is 1.68. The van der Waals surface area contributed by atoms with Gasteiger partial charge in [0.1, 0.15) is 4.32 Å². The SMILES string of the molecule is C[C@@H]1C(=O)[C@@](C)(Br)[C@@H]2C=C[C@H]1O2. The summed E-state index contributed by atoms with van der Waals surface area (Å²) in [5.41, 5.74) is 0. The number of fused-ring (bicyclic) bond motifs is 2. The summed E-state index contributed by atoms with van der Waals surface area (Å²) in [4.78, 5) is 11.7. The van der Waals surface area contributed by atoms with Crippen molar-refractivity contribution in [3.8, 4) is 0 Å². The molecule has 12 heavy (non-hydrogen) atoms. The van der Waals surface area contributed by atoms with E-state index in [-0.39, 0.29) is 23.9 Å². The van der Waals surface area contributed by atoms with Gasteiger partial charge in [-0.1, -0.05) is 35.0 Å². The van der Waals surface area contributed by atoms with Crippen LogP contribution < -0.4 is 0 Å². The van der Waals surface area contributed by atoms with Crippen LogP contribution in [0.4, 0.5) is 0 Å². The van der Waals surface area contributed by atoms with Gasteiger partial charge >= 0.3 is 0 Å². The number of ketones is 1. The van der Waals surface area contributed by atoms with E-state index in [1.807, 2.05) is 26.0 Å². The lowest BCUT2D eigenvalue weighted by atomic mass is 9.88. The fourth-order valence-corrected chi connectivity index (χ4v) is 2.42. The lowest BCUT2D eigenvalue weighted by Crippen LogP contribution is -2.51. The number of ether oxygens (including phenoxy) is 1. The Morgan fingerprint density at radius 2 is 2.25 bits per heavy atom. The average molecular weight is 231 g/mol. The maximum Gasteiger partial charge on any atom is 0.157 e. The van der Waals surface area contributed by atoms with E-state index in [1.165, 1.54) is 0 Å². The van der Waals surface area contributed by atoms with Gasteiger partial charge in [-0.25, -0.2) is 0 Å². The van der Waals surface area contributed by atoms with Crippen LogP contribution in [0.25, 0.3) is 0 Å². The second kappa shape index (κ2) is 2.42. The van der Waals surface area contributed by atoms with Crippen molar-refractivity contribution in [3.63, 3.8) is 0 Å². The summed E-state index contributed by atoms with van der Waals surface area (Å²) in [7, 11) is 0. The molecular formula is C9H11BrO2. The third-order valence-electron chi connectivity index (χ3n) is 2.70. The third kappa shape index (κ3) is 0.927. The number of carbonyl (C=O) groups is 1. The predicted molar refractivity (Wildman–Crippen MR) is 49.3 cm³/mol. The Hall–Kier alpha value is -0.150. The zero-order valence-electron chi connectivity index (χ0n) is 7.08. The van der Waals surface area contributed by atoms with Gasteiger partial charge < -0.3 is 4.74 Å². The molecule has 2 aliphatic rings. The van der Waals surface area contributed by atoms with Crippen LogP contribution >= 0.6 is 15.9 Å². The Morgan fingerprint density at radius 3 is 2.92 bits per heavy atom. The van der Waals surface area contributed by atoms with Crippen LogP contribution in [0.5, 0.6) is 0 Å². The molecule has 2 nitrogen and oxygen atoms in total. The first kappa shape index (κ1) is 8.45. The third-order valence-corrected chi connectivity index (χ3v) is 3.54. The van der Waals surface area contributed by atoms with E-state index in [9.17, 15) is 4.79 Å². The van der Waals surface area contributed by atoms with Crippen LogP contribution in [0.3, 0.4) is 0 Å². The molecule has 66 valence electrons. The van der Waals surface area contributed by atoms with Crippen molar-refractivity contribution < 1.29 is 9.53 Å². The van der Waals surface area contributed by atoms with Gasteiger partial charge in [0.2, 0.25) is 0 Å². The van der Waals surface area contributed by atoms with Crippen LogP contribution in [-0.2, 0) is 9.53 Å². The monoisotopic (exact) mass is 230 g/mol. The highest BCUT2D eigenvalue weighted by atomic mass is 79.9. The Bertz CT molecular complexity index is 257. The van der Waals surface area contributed by atoms with E-state index in [0.29, 0.717) is 0 Å². The fourth-order valence-electron chi connectivity index (χ4n) is 1.80. The molecule has 0 aliphatic carbocycles. The Balaban J connectivity index is 2.38. The minimum atomic E-state index is -0.518. The number of carbonyl (C=O) groups excluding carboxylic acids is 1. The maximum atomic E-state index is 11.7. The topological polar surface area (TPSA) is 26.3 Å². The van der Waals surface area contributed by atoms with Crippen molar-refractivity contribution in [2.24, 2.45) is 5.92 Å². The van der Waals surface area contributed by atoms with E-state index in [1.54, 1.807) is 0 Å². The number of rotatable bonds is 0. The van der Waals surface area contributed by atoms with Crippen molar-refractivity contribution in [2.75, 3.05) is 0 Å². The van der Waals surface area contributed by atoms with E-state index >= 15 is 0 Å². The summed E-state index contributed by atoms with van der Waals surface area (Å²) < 4.78 is 5.10. The Labute approximate surface area is 80.1 Å². The fraction of sp³-hybridized carbons (Fsp3) is 0.667.